The van der Waals surface area contributed by atoms with Gasteiger partial charge in [-0.1, -0.05) is 84.9 Å². The molecule has 0 aliphatic carbocycles. The number of hydrogen-bond acceptors (Lipinski definition) is 2. The van der Waals surface area contributed by atoms with Crippen molar-refractivity contribution in [2.75, 3.05) is 7.11 Å². The normalized spacial score (nSPS) is 11.0. The van der Waals surface area contributed by atoms with E-state index < -0.39 is 0 Å². The van der Waals surface area contributed by atoms with Crippen molar-refractivity contribution in [3.05, 3.63) is 114 Å². The zero-order valence-corrected chi connectivity index (χ0v) is 16.8. The number of benzene rings is 4. The first-order valence-electron chi connectivity index (χ1n) is 10.1. The molecule has 146 valence electrons. The summed E-state index contributed by atoms with van der Waals surface area (Å²) < 4.78 is 11.5. The highest BCUT2D eigenvalue weighted by molar-refractivity contribution is 5.95. The van der Waals surface area contributed by atoms with Crippen molar-refractivity contribution in [2.24, 2.45) is 0 Å². The van der Waals surface area contributed by atoms with Crippen LogP contribution in [0.15, 0.2) is 108 Å². The van der Waals surface area contributed by atoms with Gasteiger partial charge in [0.2, 0.25) is 0 Å². The quantitative estimate of drug-likeness (QED) is 0.313. The second-order valence-electron chi connectivity index (χ2n) is 7.36. The second-order valence-corrected chi connectivity index (χ2v) is 7.36. The van der Waals surface area contributed by atoms with E-state index in [4.69, 9.17) is 9.15 Å². The van der Waals surface area contributed by atoms with E-state index in [0.717, 1.165) is 28.9 Å². The summed E-state index contributed by atoms with van der Waals surface area (Å²) in [6.07, 6.45) is 0.752. The third-order valence-corrected chi connectivity index (χ3v) is 5.47. The maximum Gasteiger partial charge on any atom is 0.134 e. The molecule has 0 atom stereocenters. The molecule has 0 bridgehead atoms. The van der Waals surface area contributed by atoms with Gasteiger partial charge >= 0.3 is 0 Å². The lowest BCUT2D eigenvalue weighted by molar-refractivity contribution is 0.415. The molecule has 0 aliphatic rings. The number of hydrogen-bond donors (Lipinski definition) is 0. The summed E-state index contributed by atoms with van der Waals surface area (Å²) >= 11 is 0. The number of rotatable bonds is 5. The summed E-state index contributed by atoms with van der Waals surface area (Å²) in [7, 11) is 1.69. The van der Waals surface area contributed by atoms with Crippen molar-refractivity contribution in [3.8, 4) is 28.0 Å². The average Bonchev–Trinajstić information content (AvgIpc) is 3.18. The molecular formula is C28H22O2. The summed E-state index contributed by atoms with van der Waals surface area (Å²) in [6.45, 7) is 0. The van der Waals surface area contributed by atoms with E-state index in [-0.39, 0.29) is 0 Å². The molecule has 2 heteroatoms. The molecule has 0 saturated heterocycles. The number of methoxy groups -OCH3 is 1. The van der Waals surface area contributed by atoms with Crippen LogP contribution in [-0.4, -0.2) is 7.11 Å². The van der Waals surface area contributed by atoms with Gasteiger partial charge in [0.15, 0.2) is 0 Å². The lowest BCUT2D eigenvalue weighted by Gasteiger charge is -2.07. The Balaban J connectivity index is 1.48. The molecular weight excluding hydrogens is 368 g/mol. The third-order valence-electron chi connectivity index (χ3n) is 5.47. The van der Waals surface area contributed by atoms with Gasteiger partial charge in [0.05, 0.1) is 7.11 Å². The first-order valence-corrected chi connectivity index (χ1v) is 10.1. The Hall–Kier alpha value is -3.78. The van der Waals surface area contributed by atoms with Gasteiger partial charge in [0.1, 0.15) is 17.1 Å². The first-order chi connectivity index (χ1) is 14.8. The van der Waals surface area contributed by atoms with E-state index in [2.05, 4.69) is 72.8 Å². The average molecular weight is 390 g/mol. The fraction of sp³-hybridized carbons (Fsp3) is 0.0714. The van der Waals surface area contributed by atoms with Crippen LogP contribution >= 0.6 is 0 Å². The number of ether oxygens (including phenoxy) is 1. The van der Waals surface area contributed by atoms with Crippen LogP contribution in [0.1, 0.15) is 11.3 Å². The lowest BCUT2D eigenvalue weighted by Crippen LogP contribution is -1.90. The smallest absolute Gasteiger partial charge is 0.134 e. The van der Waals surface area contributed by atoms with Gasteiger partial charge in [-0.25, -0.2) is 0 Å². The SMILES string of the molecule is COc1ccc(-c2ccc(Cc3oc4ccccc4c3-c3ccccc3)cc2)cc1. The molecule has 1 heterocycles. The van der Waals surface area contributed by atoms with E-state index in [1.165, 1.54) is 27.8 Å². The third kappa shape index (κ3) is 3.48. The molecule has 0 fully saturated rings. The van der Waals surface area contributed by atoms with Crippen LogP contribution < -0.4 is 4.74 Å². The lowest BCUT2D eigenvalue weighted by atomic mass is 9.97. The zero-order chi connectivity index (χ0) is 20.3. The van der Waals surface area contributed by atoms with Gasteiger partial charge in [-0.2, -0.15) is 0 Å². The predicted molar refractivity (Wildman–Crippen MR) is 123 cm³/mol. The molecule has 5 aromatic rings. The van der Waals surface area contributed by atoms with Crippen LogP contribution in [0.5, 0.6) is 5.75 Å². The molecule has 2 nitrogen and oxygen atoms in total. The van der Waals surface area contributed by atoms with Crippen molar-refractivity contribution in [2.45, 2.75) is 6.42 Å². The van der Waals surface area contributed by atoms with Gasteiger partial charge in [-0.15, -0.1) is 0 Å². The van der Waals surface area contributed by atoms with Gasteiger partial charge in [0, 0.05) is 17.4 Å². The van der Waals surface area contributed by atoms with Crippen LogP contribution in [0.4, 0.5) is 0 Å². The van der Waals surface area contributed by atoms with E-state index in [9.17, 15) is 0 Å². The highest BCUT2D eigenvalue weighted by Gasteiger charge is 2.16. The van der Waals surface area contributed by atoms with Gasteiger partial charge < -0.3 is 9.15 Å². The van der Waals surface area contributed by atoms with Crippen molar-refractivity contribution in [1.29, 1.82) is 0 Å². The second kappa shape index (κ2) is 7.92. The maximum absolute atomic E-state index is 6.28. The number of para-hydroxylation sites is 1. The Bertz CT molecular complexity index is 1260. The molecule has 0 amide bonds. The Morgan fingerprint density at radius 1 is 0.633 bits per heavy atom. The van der Waals surface area contributed by atoms with Crippen LogP contribution in [0.3, 0.4) is 0 Å². The molecule has 0 N–H and O–H groups in total. The summed E-state index contributed by atoms with van der Waals surface area (Å²) in [5, 5.41) is 1.16. The van der Waals surface area contributed by atoms with E-state index in [1.54, 1.807) is 7.11 Å². The molecule has 0 spiro atoms. The molecule has 0 aliphatic heterocycles. The molecule has 0 saturated carbocycles. The van der Waals surface area contributed by atoms with Gasteiger partial charge in [0.25, 0.3) is 0 Å². The van der Waals surface area contributed by atoms with Crippen LogP contribution in [0, 0.1) is 0 Å². The monoisotopic (exact) mass is 390 g/mol. The minimum Gasteiger partial charge on any atom is -0.497 e. The largest absolute Gasteiger partial charge is 0.497 e. The summed E-state index contributed by atoms with van der Waals surface area (Å²) in [5.74, 6) is 1.87. The number of furan rings is 1. The first kappa shape index (κ1) is 18.3. The molecule has 1 aromatic heterocycles. The fourth-order valence-corrected chi connectivity index (χ4v) is 3.93. The standard InChI is InChI=1S/C28H22O2/c1-29-24-17-15-22(16-18-24)21-13-11-20(12-14-21)19-27-28(23-7-3-2-4-8-23)25-9-5-6-10-26(25)30-27/h2-18H,19H2,1H3. The topological polar surface area (TPSA) is 22.4 Å². The highest BCUT2D eigenvalue weighted by Crippen LogP contribution is 2.36. The van der Waals surface area contributed by atoms with Crippen LogP contribution in [0.25, 0.3) is 33.2 Å². The van der Waals surface area contributed by atoms with Crippen LogP contribution in [0.2, 0.25) is 0 Å². The summed E-state index contributed by atoms with van der Waals surface area (Å²) in [6, 6.07) is 35.6. The molecule has 0 radical (unpaired) electrons. The predicted octanol–water partition coefficient (Wildman–Crippen LogP) is 7.37. The zero-order valence-electron chi connectivity index (χ0n) is 16.8. The van der Waals surface area contributed by atoms with E-state index in [1.807, 2.05) is 30.3 Å². The Morgan fingerprint density at radius 3 is 1.97 bits per heavy atom. The van der Waals surface area contributed by atoms with Crippen molar-refractivity contribution >= 4 is 11.0 Å². The molecule has 0 unspecified atom stereocenters. The Kier molecular flexibility index (Phi) is 4.82. The Morgan fingerprint density at radius 2 is 1.27 bits per heavy atom. The Labute approximate surface area is 176 Å². The molecule has 30 heavy (non-hydrogen) atoms. The van der Waals surface area contributed by atoms with E-state index >= 15 is 0 Å². The maximum atomic E-state index is 6.28. The number of fused-ring (bicyclic) bond motifs is 1. The van der Waals surface area contributed by atoms with Crippen molar-refractivity contribution in [1.82, 2.24) is 0 Å². The van der Waals surface area contributed by atoms with Gasteiger partial charge in [-0.05, 0) is 40.5 Å². The minimum atomic E-state index is 0.752. The molecule has 5 rings (SSSR count). The van der Waals surface area contributed by atoms with Crippen LogP contribution in [-0.2, 0) is 6.42 Å². The summed E-state index contributed by atoms with van der Waals surface area (Å²) in [4.78, 5) is 0. The minimum absolute atomic E-state index is 0.752. The van der Waals surface area contributed by atoms with E-state index in [0.29, 0.717) is 0 Å². The van der Waals surface area contributed by atoms with Crippen molar-refractivity contribution < 1.29 is 9.15 Å². The van der Waals surface area contributed by atoms with Crippen molar-refractivity contribution in [3.63, 3.8) is 0 Å². The fourth-order valence-electron chi connectivity index (χ4n) is 3.93. The molecule has 4 aromatic carbocycles. The highest BCUT2D eigenvalue weighted by atomic mass is 16.5. The summed E-state index contributed by atoms with van der Waals surface area (Å²) in [5.41, 5.74) is 6.90. The van der Waals surface area contributed by atoms with Gasteiger partial charge in [-0.3, -0.25) is 0 Å².